The van der Waals surface area contributed by atoms with E-state index >= 15 is 0 Å². The molecule has 1 heterocycles. The zero-order valence-electron chi connectivity index (χ0n) is 12.0. The van der Waals surface area contributed by atoms with Gasteiger partial charge in [-0.3, -0.25) is 0 Å². The highest BCUT2D eigenvalue weighted by atomic mass is 79.9. The van der Waals surface area contributed by atoms with Crippen LogP contribution in [0.15, 0.2) is 22.7 Å². The fourth-order valence-electron chi connectivity index (χ4n) is 2.62. The van der Waals surface area contributed by atoms with Crippen molar-refractivity contribution in [2.24, 2.45) is 5.73 Å². The van der Waals surface area contributed by atoms with Gasteiger partial charge in [0.25, 0.3) is 0 Å². The summed E-state index contributed by atoms with van der Waals surface area (Å²) in [6.45, 7) is 8.89. The van der Waals surface area contributed by atoms with Crippen molar-refractivity contribution in [2.75, 3.05) is 0 Å². The molecule has 1 fully saturated rings. The minimum absolute atomic E-state index is 0.0440. The Morgan fingerprint density at radius 1 is 1.37 bits per heavy atom. The maximum atomic E-state index is 6.14. The van der Waals surface area contributed by atoms with Gasteiger partial charge in [-0.15, -0.1) is 0 Å². The van der Waals surface area contributed by atoms with Gasteiger partial charge in [-0.25, -0.2) is 0 Å². The van der Waals surface area contributed by atoms with Gasteiger partial charge >= 0.3 is 0 Å². The molecule has 3 nitrogen and oxygen atoms in total. The molecule has 0 spiro atoms. The first-order chi connectivity index (χ1) is 8.73. The second kappa shape index (κ2) is 5.08. The number of rotatable bonds is 3. The summed E-state index contributed by atoms with van der Waals surface area (Å²) >= 11 is 3.54. The van der Waals surface area contributed by atoms with Crippen molar-refractivity contribution < 1.29 is 9.47 Å². The van der Waals surface area contributed by atoms with E-state index in [4.69, 9.17) is 15.2 Å². The number of hydrogen-bond donors (Lipinski definition) is 1. The Morgan fingerprint density at radius 3 is 2.53 bits per heavy atom. The van der Waals surface area contributed by atoms with Gasteiger partial charge in [0, 0.05) is 13.0 Å². The number of benzene rings is 1. The lowest BCUT2D eigenvalue weighted by Gasteiger charge is -2.27. The van der Waals surface area contributed by atoms with E-state index in [0.29, 0.717) is 6.54 Å². The zero-order chi connectivity index (χ0) is 14.3. The Balaban J connectivity index is 2.18. The molecular formula is C15H22BrNO2. The highest BCUT2D eigenvalue weighted by Gasteiger charge is 2.47. The van der Waals surface area contributed by atoms with Crippen LogP contribution in [0.1, 0.15) is 39.7 Å². The first kappa shape index (κ1) is 14.8. The average Bonchev–Trinajstić information content (AvgIpc) is 2.49. The first-order valence-electron chi connectivity index (χ1n) is 6.59. The molecule has 0 radical (unpaired) electrons. The Labute approximate surface area is 123 Å². The van der Waals surface area contributed by atoms with E-state index in [9.17, 15) is 0 Å². The molecule has 0 aromatic heterocycles. The first-order valence-corrected chi connectivity index (χ1v) is 7.38. The molecule has 0 bridgehead atoms. The third kappa shape index (κ3) is 3.30. The van der Waals surface area contributed by atoms with Gasteiger partial charge in [0.05, 0.1) is 10.1 Å². The predicted octanol–water partition coefficient (Wildman–Crippen LogP) is 3.63. The van der Waals surface area contributed by atoms with E-state index in [2.05, 4.69) is 43.6 Å². The summed E-state index contributed by atoms with van der Waals surface area (Å²) in [4.78, 5) is 0. The van der Waals surface area contributed by atoms with Gasteiger partial charge in [-0.1, -0.05) is 6.07 Å². The zero-order valence-corrected chi connectivity index (χ0v) is 13.6. The van der Waals surface area contributed by atoms with Crippen LogP contribution in [0.25, 0.3) is 0 Å². The molecule has 1 aliphatic rings. The summed E-state index contributed by atoms with van der Waals surface area (Å²) < 4.78 is 13.1. The van der Waals surface area contributed by atoms with Crippen LogP contribution in [0.5, 0.6) is 5.75 Å². The topological polar surface area (TPSA) is 44.5 Å². The lowest BCUT2D eigenvalue weighted by atomic mass is 9.97. The summed E-state index contributed by atoms with van der Waals surface area (Å²) in [5, 5.41) is 0. The maximum absolute atomic E-state index is 6.14. The van der Waals surface area contributed by atoms with Crippen LogP contribution in [0.3, 0.4) is 0 Å². The molecule has 2 rings (SSSR count). The van der Waals surface area contributed by atoms with Crippen molar-refractivity contribution in [1.82, 2.24) is 0 Å². The fraction of sp³-hybridized carbons (Fsp3) is 0.600. The number of nitrogens with two attached hydrogens (primary N) is 1. The van der Waals surface area contributed by atoms with E-state index in [1.807, 2.05) is 18.2 Å². The van der Waals surface area contributed by atoms with Gasteiger partial charge in [-0.05, 0) is 61.3 Å². The van der Waals surface area contributed by atoms with Crippen molar-refractivity contribution in [2.45, 2.75) is 58.0 Å². The Bertz CT molecular complexity index is 471. The van der Waals surface area contributed by atoms with Crippen molar-refractivity contribution in [3.05, 3.63) is 28.2 Å². The molecular weight excluding hydrogens is 306 g/mol. The van der Waals surface area contributed by atoms with Crippen LogP contribution in [-0.4, -0.2) is 17.3 Å². The van der Waals surface area contributed by atoms with Crippen LogP contribution >= 0.6 is 15.9 Å². The highest BCUT2D eigenvalue weighted by molar-refractivity contribution is 9.10. The largest absolute Gasteiger partial charge is 0.486 e. The van der Waals surface area contributed by atoms with E-state index < -0.39 is 0 Å². The third-order valence-corrected chi connectivity index (χ3v) is 4.11. The number of halogens is 1. The van der Waals surface area contributed by atoms with Crippen molar-refractivity contribution in [3.63, 3.8) is 0 Å². The summed E-state index contributed by atoms with van der Waals surface area (Å²) in [5.41, 5.74) is 6.29. The van der Waals surface area contributed by atoms with E-state index in [-0.39, 0.29) is 17.3 Å². The predicted molar refractivity (Wildman–Crippen MR) is 80.3 cm³/mol. The van der Waals surface area contributed by atoms with Crippen LogP contribution < -0.4 is 10.5 Å². The minimum atomic E-state index is -0.282. The lowest BCUT2D eigenvalue weighted by Crippen LogP contribution is -2.36. The SMILES string of the molecule is CC1(C)CC(Oc2ccc(CN)cc2Br)C(C)(C)O1. The normalized spacial score (nSPS) is 24.4. The maximum Gasteiger partial charge on any atom is 0.134 e. The molecule has 106 valence electrons. The summed E-state index contributed by atoms with van der Waals surface area (Å²) in [6, 6.07) is 5.96. The molecule has 1 unspecified atom stereocenters. The average molecular weight is 328 g/mol. The Hall–Kier alpha value is -0.580. The van der Waals surface area contributed by atoms with Gasteiger partial charge in [0.2, 0.25) is 0 Å². The van der Waals surface area contributed by atoms with Gasteiger partial charge in [0.1, 0.15) is 17.5 Å². The number of hydrogen-bond acceptors (Lipinski definition) is 3. The van der Waals surface area contributed by atoms with E-state index in [0.717, 1.165) is 22.2 Å². The molecule has 4 heteroatoms. The fourth-order valence-corrected chi connectivity index (χ4v) is 3.14. The lowest BCUT2D eigenvalue weighted by molar-refractivity contribution is -0.0846. The molecule has 0 aliphatic carbocycles. The Morgan fingerprint density at radius 2 is 2.05 bits per heavy atom. The van der Waals surface area contributed by atoms with Crippen molar-refractivity contribution >= 4 is 15.9 Å². The second-order valence-corrected chi connectivity index (χ2v) is 7.10. The molecule has 2 N–H and O–H groups in total. The monoisotopic (exact) mass is 327 g/mol. The standard InChI is InChI=1S/C15H22BrNO2/c1-14(2)8-13(15(3,4)19-14)18-12-6-5-10(9-17)7-11(12)16/h5-7,13H,8-9,17H2,1-4H3. The van der Waals surface area contributed by atoms with Gasteiger partial charge in [-0.2, -0.15) is 0 Å². The minimum Gasteiger partial charge on any atom is -0.486 e. The highest BCUT2D eigenvalue weighted by Crippen LogP contribution is 2.40. The Kier molecular flexibility index (Phi) is 3.96. The molecule has 1 aromatic carbocycles. The van der Waals surface area contributed by atoms with E-state index in [1.54, 1.807) is 0 Å². The molecule has 1 atom stereocenters. The summed E-state index contributed by atoms with van der Waals surface area (Å²) in [5.74, 6) is 0.844. The smallest absolute Gasteiger partial charge is 0.134 e. The molecule has 1 aromatic rings. The summed E-state index contributed by atoms with van der Waals surface area (Å²) in [6.07, 6.45) is 0.924. The van der Waals surface area contributed by atoms with Gasteiger partial charge in [0.15, 0.2) is 0 Å². The second-order valence-electron chi connectivity index (χ2n) is 6.24. The molecule has 1 aliphatic heterocycles. The van der Waals surface area contributed by atoms with Crippen molar-refractivity contribution in [3.8, 4) is 5.75 Å². The van der Waals surface area contributed by atoms with Gasteiger partial charge < -0.3 is 15.2 Å². The molecule has 1 saturated heterocycles. The number of ether oxygens (including phenoxy) is 2. The van der Waals surface area contributed by atoms with Crippen LogP contribution in [0.4, 0.5) is 0 Å². The molecule has 0 saturated carbocycles. The van der Waals surface area contributed by atoms with E-state index in [1.165, 1.54) is 0 Å². The van der Waals surface area contributed by atoms with Crippen molar-refractivity contribution in [1.29, 1.82) is 0 Å². The quantitative estimate of drug-likeness (QED) is 0.921. The molecule has 19 heavy (non-hydrogen) atoms. The van der Waals surface area contributed by atoms with Crippen LogP contribution in [0.2, 0.25) is 0 Å². The van der Waals surface area contributed by atoms with Crippen LogP contribution in [0, 0.1) is 0 Å². The third-order valence-electron chi connectivity index (χ3n) is 3.49. The molecule has 0 amide bonds. The summed E-state index contributed by atoms with van der Waals surface area (Å²) in [7, 11) is 0. The van der Waals surface area contributed by atoms with Crippen LogP contribution in [-0.2, 0) is 11.3 Å².